The number of nitrogens with zero attached hydrogens (tertiary/aromatic N) is 1. The summed E-state index contributed by atoms with van der Waals surface area (Å²) in [4.78, 5) is 14.0. The Morgan fingerprint density at radius 2 is 1.95 bits per heavy atom. The van der Waals surface area contributed by atoms with Gasteiger partial charge < -0.3 is 10.0 Å². The van der Waals surface area contributed by atoms with E-state index in [0.717, 1.165) is 31.8 Å². The first-order valence-electron chi connectivity index (χ1n) is 7.66. The van der Waals surface area contributed by atoms with Gasteiger partial charge in [-0.25, -0.2) is 0 Å². The lowest BCUT2D eigenvalue weighted by atomic mass is 9.90. The van der Waals surface area contributed by atoms with Crippen molar-refractivity contribution in [3.63, 3.8) is 0 Å². The molecule has 2 rings (SSSR count). The second-order valence-corrected chi connectivity index (χ2v) is 6.83. The summed E-state index contributed by atoms with van der Waals surface area (Å²) in [7, 11) is 0. The van der Waals surface area contributed by atoms with E-state index in [4.69, 9.17) is 0 Å². The minimum Gasteiger partial charge on any atom is -0.480 e. The van der Waals surface area contributed by atoms with Crippen molar-refractivity contribution in [1.82, 2.24) is 10.2 Å². The molecular weight excluding hydrogens is 240 g/mol. The molecule has 2 aliphatic rings. The van der Waals surface area contributed by atoms with Crippen molar-refractivity contribution in [2.45, 2.75) is 70.5 Å². The van der Waals surface area contributed by atoms with Gasteiger partial charge >= 0.3 is 5.97 Å². The number of rotatable bonds is 6. The van der Waals surface area contributed by atoms with E-state index in [9.17, 15) is 9.90 Å². The van der Waals surface area contributed by atoms with Crippen molar-refractivity contribution in [2.75, 3.05) is 13.1 Å². The van der Waals surface area contributed by atoms with Gasteiger partial charge in [0, 0.05) is 12.1 Å². The molecule has 1 saturated carbocycles. The third-order valence-electron chi connectivity index (χ3n) is 4.72. The Balaban J connectivity index is 1.90. The summed E-state index contributed by atoms with van der Waals surface area (Å²) >= 11 is 0. The molecule has 0 aromatic carbocycles. The first-order chi connectivity index (χ1) is 8.90. The fraction of sp³-hybridized carbons (Fsp3) is 0.933. The molecule has 1 aliphatic heterocycles. The van der Waals surface area contributed by atoms with Gasteiger partial charge in [0.2, 0.25) is 0 Å². The van der Waals surface area contributed by atoms with Crippen LogP contribution in [0.4, 0.5) is 0 Å². The van der Waals surface area contributed by atoms with Gasteiger partial charge in [-0.1, -0.05) is 6.92 Å². The van der Waals surface area contributed by atoms with Crippen LogP contribution in [0.5, 0.6) is 0 Å². The first kappa shape index (κ1) is 14.8. The summed E-state index contributed by atoms with van der Waals surface area (Å²) < 4.78 is 0. The van der Waals surface area contributed by atoms with Crippen molar-refractivity contribution in [1.29, 1.82) is 0 Å². The fourth-order valence-electron chi connectivity index (χ4n) is 3.08. The molecule has 0 amide bonds. The zero-order chi connectivity index (χ0) is 14.0. The lowest BCUT2D eigenvalue weighted by Gasteiger charge is -2.38. The Bertz CT molecular complexity index is 322. The Morgan fingerprint density at radius 3 is 2.42 bits per heavy atom. The average Bonchev–Trinajstić information content (AvgIpc) is 3.13. The normalized spacial score (nSPS) is 26.9. The molecule has 2 atom stereocenters. The van der Waals surface area contributed by atoms with Crippen LogP contribution in [0.2, 0.25) is 0 Å². The van der Waals surface area contributed by atoms with Crippen LogP contribution in [0.25, 0.3) is 0 Å². The number of carboxylic acids is 1. The SMILES string of the molecule is CC1CCN(C(C)CC(C)(NC2CC2)C(=O)O)CC1. The second-order valence-electron chi connectivity index (χ2n) is 6.83. The molecule has 19 heavy (non-hydrogen) atoms. The highest BCUT2D eigenvalue weighted by Crippen LogP contribution is 2.27. The van der Waals surface area contributed by atoms with Crippen LogP contribution >= 0.6 is 0 Å². The van der Waals surface area contributed by atoms with E-state index in [2.05, 4.69) is 24.1 Å². The molecule has 0 aromatic rings. The third-order valence-corrected chi connectivity index (χ3v) is 4.72. The Kier molecular flexibility index (Phi) is 4.51. The monoisotopic (exact) mass is 268 g/mol. The smallest absolute Gasteiger partial charge is 0.323 e. The van der Waals surface area contributed by atoms with Crippen molar-refractivity contribution in [3.8, 4) is 0 Å². The van der Waals surface area contributed by atoms with Gasteiger partial charge in [-0.05, 0) is 65.0 Å². The van der Waals surface area contributed by atoms with Crippen LogP contribution in [-0.2, 0) is 4.79 Å². The molecule has 1 saturated heterocycles. The zero-order valence-electron chi connectivity index (χ0n) is 12.5. The number of carboxylic acid groups (broad SMARTS) is 1. The Hall–Kier alpha value is -0.610. The lowest BCUT2D eigenvalue weighted by Crippen LogP contribution is -2.55. The molecule has 110 valence electrons. The highest BCUT2D eigenvalue weighted by Gasteiger charge is 2.40. The third kappa shape index (κ3) is 3.93. The van der Waals surface area contributed by atoms with E-state index in [1.54, 1.807) is 0 Å². The number of aliphatic carboxylic acids is 1. The minimum atomic E-state index is -0.774. The quantitative estimate of drug-likeness (QED) is 0.774. The molecule has 4 nitrogen and oxygen atoms in total. The van der Waals surface area contributed by atoms with E-state index < -0.39 is 11.5 Å². The number of hydrogen-bond donors (Lipinski definition) is 2. The second kappa shape index (κ2) is 5.80. The van der Waals surface area contributed by atoms with E-state index in [-0.39, 0.29) is 0 Å². The number of nitrogens with one attached hydrogen (secondary N) is 1. The summed E-state index contributed by atoms with van der Waals surface area (Å²) in [5.74, 6) is 0.107. The van der Waals surface area contributed by atoms with E-state index in [0.29, 0.717) is 18.5 Å². The van der Waals surface area contributed by atoms with Crippen LogP contribution in [0, 0.1) is 5.92 Å². The number of carbonyl (C=O) groups is 1. The predicted octanol–water partition coefficient (Wildman–Crippen LogP) is 2.09. The summed E-state index contributed by atoms with van der Waals surface area (Å²) in [5.41, 5.74) is -0.774. The zero-order valence-corrected chi connectivity index (χ0v) is 12.5. The molecular formula is C15H28N2O2. The summed E-state index contributed by atoms with van der Waals surface area (Å²) in [6, 6.07) is 0.759. The van der Waals surface area contributed by atoms with E-state index in [1.807, 2.05) is 6.92 Å². The van der Waals surface area contributed by atoms with Crippen LogP contribution in [0.1, 0.15) is 52.9 Å². The van der Waals surface area contributed by atoms with Gasteiger partial charge in [0.05, 0.1) is 0 Å². The van der Waals surface area contributed by atoms with Crippen LogP contribution in [-0.4, -0.2) is 46.7 Å². The summed E-state index contributed by atoms with van der Waals surface area (Å²) in [6.07, 6.45) is 5.42. The first-order valence-corrected chi connectivity index (χ1v) is 7.66. The Labute approximate surface area is 116 Å². The maximum atomic E-state index is 11.6. The average molecular weight is 268 g/mol. The van der Waals surface area contributed by atoms with Gasteiger partial charge in [0.1, 0.15) is 5.54 Å². The summed E-state index contributed by atoms with van der Waals surface area (Å²) in [6.45, 7) is 8.55. The minimum absolute atomic E-state index is 0.333. The topological polar surface area (TPSA) is 52.6 Å². The molecule has 1 aliphatic carbocycles. The van der Waals surface area contributed by atoms with Crippen LogP contribution < -0.4 is 5.32 Å². The van der Waals surface area contributed by atoms with Gasteiger partial charge in [-0.2, -0.15) is 0 Å². The summed E-state index contributed by atoms with van der Waals surface area (Å²) in [5, 5.41) is 12.8. The molecule has 0 aromatic heterocycles. The maximum Gasteiger partial charge on any atom is 0.323 e. The van der Waals surface area contributed by atoms with Crippen molar-refractivity contribution >= 4 is 5.97 Å². The molecule has 0 spiro atoms. The Morgan fingerprint density at radius 1 is 1.37 bits per heavy atom. The number of piperidine rings is 1. The molecule has 0 radical (unpaired) electrons. The molecule has 1 heterocycles. The maximum absolute atomic E-state index is 11.6. The molecule has 2 unspecified atom stereocenters. The van der Waals surface area contributed by atoms with E-state index in [1.165, 1.54) is 12.8 Å². The van der Waals surface area contributed by atoms with Crippen molar-refractivity contribution in [2.24, 2.45) is 5.92 Å². The van der Waals surface area contributed by atoms with Crippen LogP contribution in [0.15, 0.2) is 0 Å². The fourth-order valence-corrected chi connectivity index (χ4v) is 3.08. The van der Waals surface area contributed by atoms with E-state index >= 15 is 0 Å². The van der Waals surface area contributed by atoms with Crippen LogP contribution in [0.3, 0.4) is 0 Å². The predicted molar refractivity (Wildman–Crippen MR) is 76.2 cm³/mol. The molecule has 2 N–H and O–H groups in total. The molecule has 0 bridgehead atoms. The van der Waals surface area contributed by atoms with Crippen molar-refractivity contribution < 1.29 is 9.90 Å². The standard InChI is InChI=1S/C15H28N2O2/c1-11-6-8-17(9-7-11)12(2)10-15(3,14(18)19)16-13-4-5-13/h11-13,16H,4-10H2,1-3H3,(H,18,19). The number of hydrogen-bond acceptors (Lipinski definition) is 3. The van der Waals surface area contributed by atoms with Gasteiger partial charge in [0.15, 0.2) is 0 Å². The highest BCUT2D eigenvalue weighted by molar-refractivity contribution is 5.78. The van der Waals surface area contributed by atoms with Gasteiger partial charge in [-0.15, -0.1) is 0 Å². The lowest BCUT2D eigenvalue weighted by molar-refractivity contribution is -0.145. The van der Waals surface area contributed by atoms with Crippen molar-refractivity contribution in [3.05, 3.63) is 0 Å². The molecule has 2 fully saturated rings. The van der Waals surface area contributed by atoms with Gasteiger partial charge in [0.25, 0.3) is 0 Å². The number of likely N-dealkylation sites (tertiary alicyclic amines) is 1. The largest absolute Gasteiger partial charge is 0.480 e. The van der Waals surface area contributed by atoms with Gasteiger partial charge in [-0.3, -0.25) is 10.1 Å². The molecule has 4 heteroatoms. The highest BCUT2D eigenvalue weighted by atomic mass is 16.4.